The van der Waals surface area contributed by atoms with Crippen molar-refractivity contribution in [2.75, 3.05) is 13.2 Å². The zero-order chi connectivity index (χ0) is 11.8. The fourth-order valence-corrected chi connectivity index (χ4v) is 3.09. The molecule has 1 saturated carbocycles. The van der Waals surface area contributed by atoms with Gasteiger partial charge >= 0.3 is 0 Å². The normalized spacial score (nSPS) is 27.9. The highest BCUT2D eigenvalue weighted by atomic mass is 16.5. The Kier molecular flexibility index (Phi) is 7.06. The first-order valence-corrected chi connectivity index (χ1v) is 7.12. The standard InChI is InChI=1S/C14H29NO/c1-3-12-8-5-6-9-13(12)14(15)10-7-11-16-4-2/h12-14H,3-11,15H2,1-2H3. The summed E-state index contributed by atoms with van der Waals surface area (Å²) in [7, 11) is 0. The predicted molar refractivity (Wildman–Crippen MR) is 69.4 cm³/mol. The first-order chi connectivity index (χ1) is 7.79. The Morgan fingerprint density at radius 2 is 2.00 bits per heavy atom. The van der Waals surface area contributed by atoms with Crippen LogP contribution in [0.1, 0.15) is 58.8 Å². The molecule has 2 nitrogen and oxygen atoms in total. The lowest BCUT2D eigenvalue weighted by atomic mass is 9.73. The first kappa shape index (κ1) is 14.0. The Morgan fingerprint density at radius 1 is 1.25 bits per heavy atom. The number of rotatable bonds is 7. The third kappa shape index (κ3) is 4.42. The molecule has 3 atom stereocenters. The fraction of sp³-hybridized carbons (Fsp3) is 1.00. The van der Waals surface area contributed by atoms with Crippen LogP contribution in [-0.2, 0) is 4.74 Å². The molecule has 0 heterocycles. The summed E-state index contributed by atoms with van der Waals surface area (Å²) in [6.07, 6.45) is 9.14. The van der Waals surface area contributed by atoms with Crippen molar-refractivity contribution in [1.82, 2.24) is 0 Å². The zero-order valence-corrected chi connectivity index (χ0v) is 11.1. The Bertz CT molecular complexity index is 172. The Morgan fingerprint density at radius 3 is 2.69 bits per heavy atom. The highest BCUT2D eigenvalue weighted by Gasteiger charge is 2.28. The van der Waals surface area contributed by atoms with Crippen LogP contribution in [0.3, 0.4) is 0 Å². The van der Waals surface area contributed by atoms with Crippen molar-refractivity contribution in [2.45, 2.75) is 64.8 Å². The highest BCUT2D eigenvalue weighted by molar-refractivity contribution is 4.82. The van der Waals surface area contributed by atoms with Crippen LogP contribution in [0.15, 0.2) is 0 Å². The predicted octanol–water partition coefficient (Wildman–Crippen LogP) is 3.35. The van der Waals surface area contributed by atoms with E-state index < -0.39 is 0 Å². The van der Waals surface area contributed by atoms with Gasteiger partial charge in [-0.1, -0.05) is 32.6 Å². The smallest absolute Gasteiger partial charge is 0.0466 e. The van der Waals surface area contributed by atoms with Gasteiger partial charge in [0.1, 0.15) is 0 Å². The summed E-state index contributed by atoms with van der Waals surface area (Å²) in [6.45, 7) is 6.08. The van der Waals surface area contributed by atoms with Crippen molar-refractivity contribution in [1.29, 1.82) is 0 Å². The van der Waals surface area contributed by atoms with Crippen molar-refractivity contribution in [3.05, 3.63) is 0 Å². The SMILES string of the molecule is CCOCCCC(N)C1CCCCC1CC. The van der Waals surface area contributed by atoms with E-state index in [1.54, 1.807) is 0 Å². The van der Waals surface area contributed by atoms with Gasteiger partial charge in [0, 0.05) is 19.3 Å². The van der Waals surface area contributed by atoms with E-state index in [0.717, 1.165) is 37.9 Å². The Labute approximate surface area is 101 Å². The first-order valence-electron chi connectivity index (χ1n) is 7.12. The van der Waals surface area contributed by atoms with Crippen molar-refractivity contribution in [3.63, 3.8) is 0 Å². The molecule has 0 amide bonds. The summed E-state index contributed by atoms with van der Waals surface area (Å²) < 4.78 is 5.37. The molecule has 2 heteroatoms. The van der Waals surface area contributed by atoms with Crippen LogP contribution in [0.2, 0.25) is 0 Å². The van der Waals surface area contributed by atoms with Gasteiger partial charge in [0.2, 0.25) is 0 Å². The molecule has 16 heavy (non-hydrogen) atoms. The third-order valence-corrected chi connectivity index (χ3v) is 4.07. The van der Waals surface area contributed by atoms with Crippen molar-refractivity contribution < 1.29 is 4.74 Å². The molecule has 0 saturated heterocycles. The summed E-state index contributed by atoms with van der Waals surface area (Å²) in [4.78, 5) is 0. The third-order valence-electron chi connectivity index (χ3n) is 4.07. The molecule has 0 aromatic heterocycles. The fourth-order valence-electron chi connectivity index (χ4n) is 3.09. The van der Waals surface area contributed by atoms with Crippen molar-refractivity contribution in [2.24, 2.45) is 17.6 Å². The second-order valence-corrected chi connectivity index (χ2v) is 5.12. The Hall–Kier alpha value is -0.0800. The van der Waals surface area contributed by atoms with Gasteiger partial charge in [0.15, 0.2) is 0 Å². The van der Waals surface area contributed by atoms with Crippen LogP contribution in [0.5, 0.6) is 0 Å². The lowest BCUT2D eigenvalue weighted by Gasteiger charge is -2.35. The van der Waals surface area contributed by atoms with Crippen LogP contribution in [0.25, 0.3) is 0 Å². The molecule has 3 unspecified atom stereocenters. The van der Waals surface area contributed by atoms with E-state index in [1.165, 1.54) is 32.1 Å². The molecule has 0 aromatic rings. The maximum Gasteiger partial charge on any atom is 0.0466 e. The quantitative estimate of drug-likeness (QED) is 0.677. The second kappa shape index (κ2) is 8.08. The van der Waals surface area contributed by atoms with E-state index in [4.69, 9.17) is 10.5 Å². The van der Waals surface area contributed by atoms with Gasteiger partial charge in [-0.05, 0) is 38.0 Å². The average molecular weight is 227 g/mol. The van der Waals surface area contributed by atoms with E-state index in [1.807, 2.05) is 6.92 Å². The van der Waals surface area contributed by atoms with Crippen LogP contribution in [0.4, 0.5) is 0 Å². The lowest BCUT2D eigenvalue weighted by molar-refractivity contribution is 0.132. The van der Waals surface area contributed by atoms with E-state index in [9.17, 15) is 0 Å². The average Bonchev–Trinajstić information content (AvgIpc) is 2.34. The summed E-state index contributed by atoms with van der Waals surface area (Å²) in [5, 5.41) is 0. The van der Waals surface area contributed by atoms with Gasteiger partial charge in [-0.2, -0.15) is 0 Å². The van der Waals surface area contributed by atoms with Crippen LogP contribution in [-0.4, -0.2) is 19.3 Å². The molecule has 0 bridgehead atoms. The van der Waals surface area contributed by atoms with Gasteiger partial charge in [-0.15, -0.1) is 0 Å². The molecule has 0 aliphatic heterocycles. The molecule has 2 N–H and O–H groups in total. The van der Waals surface area contributed by atoms with Crippen molar-refractivity contribution >= 4 is 0 Å². The molecule has 1 fully saturated rings. The summed E-state index contributed by atoms with van der Waals surface area (Å²) in [5.74, 6) is 1.66. The highest BCUT2D eigenvalue weighted by Crippen LogP contribution is 2.34. The van der Waals surface area contributed by atoms with Gasteiger partial charge < -0.3 is 10.5 Å². The van der Waals surface area contributed by atoms with Crippen molar-refractivity contribution in [3.8, 4) is 0 Å². The van der Waals surface area contributed by atoms with Crippen LogP contribution >= 0.6 is 0 Å². The molecule has 0 aromatic carbocycles. The van der Waals surface area contributed by atoms with E-state index in [-0.39, 0.29) is 0 Å². The minimum absolute atomic E-state index is 0.408. The molecule has 0 spiro atoms. The minimum Gasteiger partial charge on any atom is -0.382 e. The molecule has 96 valence electrons. The summed E-state index contributed by atoms with van der Waals surface area (Å²) >= 11 is 0. The molecule has 1 rings (SSSR count). The summed E-state index contributed by atoms with van der Waals surface area (Å²) in [6, 6.07) is 0.408. The van der Waals surface area contributed by atoms with E-state index in [0.29, 0.717) is 6.04 Å². The monoisotopic (exact) mass is 227 g/mol. The molecular formula is C14H29NO. The second-order valence-electron chi connectivity index (χ2n) is 5.12. The van der Waals surface area contributed by atoms with Crippen LogP contribution < -0.4 is 5.73 Å². The van der Waals surface area contributed by atoms with Crippen LogP contribution in [0, 0.1) is 11.8 Å². The van der Waals surface area contributed by atoms with Gasteiger partial charge in [0.05, 0.1) is 0 Å². The Balaban J connectivity index is 2.24. The van der Waals surface area contributed by atoms with Gasteiger partial charge in [-0.3, -0.25) is 0 Å². The largest absolute Gasteiger partial charge is 0.382 e. The van der Waals surface area contributed by atoms with Gasteiger partial charge in [0.25, 0.3) is 0 Å². The topological polar surface area (TPSA) is 35.2 Å². The maximum absolute atomic E-state index is 6.34. The zero-order valence-electron chi connectivity index (χ0n) is 11.1. The number of hydrogen-bond acceptors (Lipinski definition) is 2. The number of ether oxygens (including phenoxy) is 1. The van der Waals surface area contributed by atoms with Gasteiger partial charge in [-0.25, -0.2) is 0 Å². The summed E-state index contributed by atoms with van der Waals surface area (Å²) in [5.41, 5.74) is 6.34. The molecule has 1 aliphatic rings. The van der Waals surface area contributed by atoms with E-state index >= 15 is 0 Å². The molecular weight excluding hydrogens is 198 g/mol. The number of hydrogen-bond donors (Lipinski definition) is 1. The minimum atomic E-state index is 0.408. The number of nitrogens with two attached hydrogens (primary N) is 1. The van der Waals surface area contributed by atoms with E-state index in [2.05, 4.69) is 6.92 Å². The maximum atomic E-state index is 6.34. The molecule has 1 aliphatic carbocycles. The molecule has 0 radical (unpaired) electrons. The lowest BCUT2D eigenvalue weighted by Crippen LogP contribution is -2.37.